The van der Waals surface area contributed by atoms with E-state index in [1.807, 2.05) is 0 Å². The van der Waals surface area contributed by atoms with Crippen molar-refractivity contribution in [2.75, 3.05) is 0 Å². The first-order chi connectivity index (χ1) is 25.0. The van der Waals surface area contributed by atoms with Gasteiger partial charge in [0.05, 0.1) is 0 Å². The fourth-order valence-corrected chi connectivity index (χ4v) is 37.2. The number of hydrogen-bond donors (Lipinski definition) is 0. The van der Waals surface area contributed by atoms with E-state index < -0.39 is 21.5 Å². The zero-order valence-corrected chi connectivity index (χ0v) is 38.0. The predicted molar refractivity (Wildman–Crippen MR) is 235 cm³/mol. The van der Waals surface area contributed by atoms with E-state index in [2.05, 4.69) is 171 Å². The molecule has 6 aromatic carbocycles. The van der Waals surface area contributed by atoms with Gasteiger partial charge in [-0.1, -0.05) is 0 Å². The normalized spacial score (nSPS) is 16.4. The van der Waals surface area contributed by atoms with Gasteiger partial charge in [0.1, 0.15) is 0 Å². The van der Waals surface area contributed by atoms with E-state index in [1.54, 1.807) is 0 Å². The standard InChI is InChI=1S/C26H21.C21H25.C2H7Si.2ClH.Zr/c1-2-8-18-15-19-11-7-14-24(25(19)16-18)26-22-12-5-3-9-20(22)17-21-10-4-6-13-23(21)26;1-20(2,3)16-9-7-14-11-15-8-10-17(21(4,5)6)13-19(15)18(14)12-16;1-3-2;;;/h3-7,9-17H,2,8H2,1H3;7,9-10,12-13H,11H2,1-6H3;3H,1-2H3;2*1H;/q;;;;;+2/p-2. The van der Waals surface area contributed by atoms with Crippen LogP contribution in [-0.4, -0.2) is 5.92 Å². The molecule has 0 nitrogen and oxygen atoms in total. The summed E-state index contributed by atoms with van der Waals surface area (Å²) in [5.41, 5.74) is 15.0. The summed E-state index contributed by atoms with van der Waals surface area (Å²) in [5.74, 6) is -1.73. The third-order valence-corrected chi connectivity index (χ3v) is 62.5. The molecule has 0 spiro atoms. The van der Waals surface area contributed by atoms with Gasteiger partial charge in [0.2, 0.25) is 0 Å². The SMILES string of the molecule is CCCC1=Cc2c(-c3c4ccccc4cc4ccccc34)cccc2[CH]1[Zr]([Cl])([Cl])([c]1cc(C(C)(C)C)cc2c1Cc1ccc(C(C)(C)C)cc1-2)[SiH](C)C. The molecule has 0 N–H and O–H groups in total. The van der Waals surface area contributed by atoms with Gasteiger partial charge in [-0.2, -0.15) is 0 Å². The Hall–Kier alpha value is -2.74. The number of fused-ring (bicyclic) bond motifs is 6. The van der Waals surface area contributed by atoms with Crippen LogP contribution in [0, 0.1) is 0 Å². The summed E-state index contributed by atoms with van der Waals surface area (Å²) >= 11 is -5.04. The average Bonchev–Trinajstić information content (AvgIpc) is 3.68. The van der Waals surface area contributed by atoms with Crippen LogP contribution in [0.3, 0.4) is 0 Å². The number of benzene rings is 6. The van der Waals surface area contributed by atoms with E-state index in [4.69, 9.17) is 17.0 Å². The summed E-state index contributed by atoms with van der Waals surface area (Å²) in [4.78, 5) is 0. The Labute approximate surface area is 326 Å². The van der Waals surface area contributed by atoms with Crippen molar-refractivity contribution in [1.82, 2.24) is 0 Å². The molecule has 2 aliphatic carbocycles. The molecular formula is C49H53Cl2SiZr. The minimum absolute atomic E-state index is 0.0377. The summed E-state index contributed by atoms with van der Waals surface area (Å²) in [6.45, 7) is 21.2. The van der Waals surface area contributed by atoms with E-state index in [-0.39, 0.29) is 14.5 Å². The molecule has 53 heavy (non-hydrogen) atoms. The van der Waals surface area contributed by atoms with Crippen molar-refractivity contribution in [1.29, 1.82) is 0 Å². The van der Waals surface area contributed by atoms with Gasteiger partial charge in [-0.15, -0.1) is 0 Å². The Morgan fingerprint density at radius 3 is 1.91 bits per heavy atom. The van der Waals surface area contributed by atoms with Crippen molar-refractivity contribution in [3.8, 4) is 22.3 Å². The Morgan fingerprint density at radius 1 is 0.679 bits per heavy atom. The fourth-order valence-electron chi connectivity index (χ4n) is 9.52. The minimum atomic E-state index is -5.04. The molecule has 0 bridgehead atoms. The summed E-state index contributed by atoms with van der Waals surface area (Å²) in [6, 6.07) is 39.2. The van der Waals surface area contributed by atoms with Crippen LogP contribution in [0.4, 0.5) is 0 Å². The number of rotatable bonds is 6. The van der Waals surface area contributed by atoms with Crippen molar-refractivity contribution < 1.29 is 15.6 Å². The van der Waals surface area contributed by atoms with Crippen molar-refractivity contribution in [3.63, 3.8) is 0 Å². The Morgan fingerprint density at radius 2 is 1.30 bits per heavy atom. The molecule has 0 saturated heterocycles. The first-order valence-corrected chi connectivity index (χ1v) is 35.8. The first kappa shape index (κ1) is 37.2. The molecule has 0 heterocycles. The third-order valence-electron chi connectivity index (χ3n) is 12.6. The molecule has 1 unspecified atom stereocenters. The molecule has 0 radical (unpaired) electrons. The Balaban J connectivity index is 1.42. The number of allylic oxidation sites excluding steroid dienone is 1. The molecule has 0 aliphatic heterocycles. The van der Waals surface area contributed by atoms with E-state index >= 15 is 0 Å². The van der Waals surface area contributed by atoms with Gasteiger partial charge in [0.25, 0.3) is 0 Å². The summed E-state index contributed by atoms with van der Waals surface area (Å²) in [7, 11) is 17.7. The zero-order valence-electron chi connectivity index (χ0n) is 32.9. The van der Waals surface area contributed by atoms with Gasteiger partial charge in [-0.3, -0.25) is 0 Å². The molecular weight excluding hydrogens is 779 g/mol. The molecule has 2 aliphatic rings. The summed E-state index contributed by atoms with van der Waals surface area (Å²) < 4.78 is 1.38. The molecule has 0 saturated carbocycles. The maximum absolute atomic E-state index is 8.86. The molecule has 8 rings (SSSR count). The van der Waals surface area contributed by atoms with Crippen molar-refractivity contribution in [3.05, 3.63) is 142 Å². The fraction of sp³-hybridized carbons (Fsp3) is 0.306. The van der Waals surface area contributed by atoms with Crippen LogP contribution in [0.15, 0.2) is 109 Å². The second-order valence-corrected chi connectivity index (χ2v) is 59.7. The quantitative estimate of drug-likeness (QED) is 0.116. The third kappa shape index (κ3) is 5.84. The molecule has 1 atom stereocenters. The monoisotopic (exact) mass is 829 g/mol. The number of hydrogen-bond acceptors (Lipinski definition) is 0. The van der Waals surface area contributed by atoms with Gasteiger partial charge >= 0.3 is 329 Å². The molecule has 271 valence electrons. The van der Waals surface area contributed by atoms with Crippen LogP contribution in [0.25, 0.3) is 49.9 Å². The van der Waals surface area contributed by atoms with E-state index in [0.717, 1.165) is 19.3 Å². The topological polar surface area (TPSA) is 0 Å². The Bertz CT molecular complexity index is 2440. The van der Waals surface area contributed by atoms with E-state index in [0.29, 0.717) is 0 Å². The second kappa shape index (κ2) is 12.9. The average molecular weight is 832 g/mol. The van der Waals surface area contributed by atoms with Crippen molar-refractivity contribution in [2.24, 2.45) is 0 Å². The van der Waals surface area contributed by atoms with Crippen LogP contribution in [0.1, 0.15) is 98.3 Å². The summed E-state index contributed by atoms with van der Waals surface area (Å²) in [6.07, 6.45) is 5.48. The van der Waals surface area contributed by atoms with Crippen LogP contribution in [0.5, 0.6) is 0 Å². The van der Waals surface area contributed by atoms with Gasteiger partial charge in [-0.05, 0) is 0 Å². The molecule has 0 amide bonds. The van der Waals surface area contributed by atoms with Crippen LogP contribution < -0.4 is 3.27 Å². The molecule has 0 fully saturated rings. The molecule has 0 aromatic heterocycles. The Kier molecular flexibility index (Phi) is 9.06. The van der Waals surface area contributed by atoms with Gasteiger partial charge in [-0.25, -0.2) is 0 Å². The number of halogens is 2. The zero-order chi connectivity index (χ0) is 37.7. The molecule has 6 aromatic rings. The van der Waals surface area contributed by atoms with Crippen molar-refractivity contribution >= 4 is 53.8 Å². The van der Waals surface area contributed by atoms with Crippen LogP contribution in [-0.2, 0) is 32.8 Å². The van der Waals surface area contributed by atoms with Gasteiger partial charge in [0, 0.05) is 0 Å². The second-order valence-electron chi connectivity index (χ2n) is 18.3. The molecule has 4 heteroatoms. The van der Waals surface area contributed by atoms with Gasteiger partial charge in [0.15, 0.2) is 0 Å². The van der Waals surface area contributed by atoms with Crippen LogP contribution >= 0.6 is 17.0 Å². The van der Waals surface area contributed by atoms with E-state index in [9.17, 15) is 0 Å². The maximum atomic E-state index is 8.86. The van der Waals surface area contributed by atoms with E-state index in [1.165, 1.54) is 86.0 Å². The summed E-state index contributed by atoms with van der Waals surface area (Å²) in [5, 5.41) is 5.11. The first-order valence-electron chi connectivity index (χ1n) is 19.7. The predicted octanol–water partition coefficient (Wildman–Crippen LogP) is 14.4. The van der Waals surface area contributed by atoms with Crippen molar-refractivity contribution in [2.45, 2.75) is 95.3 Å². The van der Waals surface area contributed by atoms with Crippen LogP contribution in [0.2, 0.25) is 13.1 Å². The van der Waals surface area contributed by atoms with Gasteiger partial charge < -0.3 is 0 Å².